The van der Waals surface area contributed by atoms with E-state index in [0.717, 1.165) is 37.2 Å². The molecule has 1 heteroatoms. The molecule has 0 radical (unpaired) electrons. The molecule has 0 atom stereocenters. The lowest BCUT2D eigenvalue weighted by Crippen LogP contribution is -1.96. The second-order valence-corrected chi connectivity index (χ2v) is 3.41. The second-order valence-electron chi connectivity index (χ2n) is 3.41. The number of hydrogen-bond donors (Lipinski definition) is 0. The first kappa shape index (κ1) is 11.6. The summed E-state index contributed by atoms with van der Waals surface area (Å²) >= 11 is 0. The molecule has 0 aliphatic rings. The average molecular weight is 202 g/mol. The van der Waals surface area contributed by atoms with Crippen LogP contribution in [0.4, 0.5) is 0 Å². The Kier molecular flexibility index (Phi) is 5.31. The molecule has 0 saturated heterocycles. The number of ether oxygens (including phenoxy) is 1. The van der Waals surface area contributed by atoms with Crippen LogP contribution < -0.4 is 4.74 Å². The first-order chi connectivity index (χ1) is 7.36. The van der Waals surface area contributed by atoms with Crippen molar-refractivity contribution in [2.75, 3.05) is 6.61 Å². The molecule has 0 saturated carbocycles. The van der Waals surface area contributed by atoms with Crippen LogP contribution in [0.2, 0.25) is 0 Å². The third kappa shape index (κ3) is 4.50. The Bertz CT molecular complexity index is 298. The van der Waals surface area contributed by atoms with E-state index in [1.54, 1.807) is 0 Å². The lowest BCUT2D eigenvalue weighted by atomic mass is 10.2. The Morgan fingerprint density at radius 2 is 1.80 bits per heavy atom. The number of rotatable bonds is 7. The Morgan fingerprint density at radius 3 is 2.40 bits per heavy atom. The highest BCUT2D eigenvalue weighted by Gasteiger charge is 1.93. The Morgan fingerprint density at radius 1 is 1.07 bits per heavy atom. The number of hydrogen-bond acceptors (Lipinski definition) is 1. The fraction of sp³-hybridized carbons (Fsp3) is 0.286. The van der Waals surface area contributed by atoms with Gasteiger partial charge < -0.3 is 4.74 Å². The van der Waals surface area contributed by atoms with Crippen molar-refractivity contribution in [3.05, 3.63) is 49.1 Å². The van der Waals surface area contributed by atoms with Crippen LogP contribution in [0.3, 0.4) is 0 Å². The summed E-state index contributed by atoms with van der Waals surface area (Å²) in [4.78, 5) is 0. The van der Waals surface area contributed by atoms with Gasteiger partial charge in [0.05, 0.1) is 6.61 Å². The fourth-order valence-corrected chi connectivity index (χ4v) is 1.28. The zero-order chi connectivity index (χ0) is 10.9. The largest absolute Gasteiger partial charge is 0.494 e. The van der Waals surface area contributed by atoms with Crippen molar-refractivity contribution in [3.8, 4) is 5.75 Å². The van der Waals surface area contributed by atoms with Crippen LogP contribution in [0.25, 0.3) is 6.08 Å². The van der Waals surface area contributed by atoms with Crippen LogP contribution in [0.5, 0.6) is 5.75 Å². The molecule has 80 valence electrons. The van der Waals surface area contributed by atoms with Gasteiger partial charge in [0, 0.05) is 0 Å². The first-order valence-electron chi connectivity index (χ1n) is 5.33. The molecular weight excluding hydrogens is 184 g/mol. The van der Waals surface area contributed by atoms with Gasteiger partial charge in [0.2, 0.25) is 0 Å². The van der Waals surface area contributed by atoms with Gasteiger partial charge in [0.15, 0.2) is 0 Å². The molecule has 0 amide bonds. The van der Waals surface area contributed by atoms with E-state index < -0.39 is 0 Å². The molecule has 0 heterocycles. The lowest BCUT2D eigenvalue weighted by Gasteiger charge is -2.05. The van der Waals surface area contributed by atoms with Crippen molar-refractivity contribution in [1.82, 2.24) is 0 Å². The molecule has 1 rings (SSSR count). The standard InChI is InChI=1S/C14H18O/c1-3-5-6-7-12-15-14-10-8-13(4-2)9-11-14/h3-4,8-11H,1-2,5-7,12H2. The van der Waals surface area contributed by atoms with Crippen molar-refractivity contribution < 1.29 is 4.74 Å². The number of benzene rings is 1. The van der Waals surface area contributed by atoms with E-state index in [2.05, 4.69) is 13.2 Å². The highest BCUT2D eigenvalue weighted by atomic mass is 16.5. The molecule has 0 unspecified atom stereocenters. The Hall–Kier alpha value is -1.50. The molecule has 1 nitrogen and oxygen atoms in total. The molecule has 1 aromatic rings. The predicted octanol–water partition coefficient (Wildman–Crippen LogP) is 4.06. The van der Waals surface area contributed by atoms with Gasteiger partial charge >= 0.3 is 0 Å². The van der Waals surface area contributed by atoms with Crippen molar-refractivity contribution >= 4 is 6.08 Å². The van der Waals surface area contributed by atoms with E-state index in [-0.39, 0.29) is 0 Å². The minimum absolute atomic E-state index is 0.779. The predicted molar refractivity (Wildman–Crippen MR) is 66.1 cm³/mol. The molecule has 0 bridgehead atoms. The van der Waals surface area contributed by atoms with E-state index >= 15 is 0 Å². The first-order valence-corrected chi connectivity index (χ1v) is 5.33. The van der Waals surface area contributed by atoms with Gasteiger partial charge in [-0.2, -0.15) is 0 Å². The summed E-state index contributed by atoms with van der Waals surface area (Å²) in [5.74, 6) is 0.930. The quantitative estimate of drug-likeness (QED) is 0.478. The van der Waals surface area contributed by atoms with Crippen LogP contribution in [0.15, 0.2) is 43.5 Å². The van der Waals surface area contributed by atoms with Gasteiger partial charge in [0.1, 0.15) is 5.75 Å². The third-order valence-corrected chi connectivity index (χ3v) is 2.19. The maximum absolute atomic E-state index is 5.58. The van der Waals surface area contributed by atoms with Crippen LogP contribution in [0.1, 0.15) is 24.8 Å². The van der Waals surface area contributed by atoms with Crippen LogP contribution in [-0.2, 0) is 0 Å². The zero-order valence-electron chi connectivity index (χ0n) is 9.11. The minimum atomic E-state index is 0.779. The Balaban J connectivity index is 2.25. The summed E-state index contributed by atoms with van der Waals surface area (Å²) < 4.78 is 5.58. The van der Waals surface area contributed by atoms with E-state index in [1.165, 1.54) is 0 Å². The minimum Gasteiger partial charge on any atom is -0.494 e. The number of allylic oxidation sites excluding steroid dienone is 1. The monoisotopic (exact) mass is 202 g/mol. The summed E-state index contributed by atoms with van der Waals surface area (Å²) in [5, 5.41) is 0. The van der Waals surface area contributed by atoms with E-state index in [4.69, 9.17) is 4.74 Å². The van der Waals surface area contributed by atoms with Gasteiger partial charge in [-0.05, 0) is 37.0 Å². The zero-order valence-corrected chi connectivity index (χ0v) is 9.11. The van der Waals surface area contributed by atoms with E-state index in [9.17, 15) is 0 Å². The maximum atomic E-state index is 5.58. The molecule has 0 fully saturated rings. The molecule has 0 aromatic heterocycles. The summed E-state index contributed by atoms with van der Waals surface area (Å²) in [6.07, 6.45) is 7.06. The highest BCUT2D eigenvalue weighted by molar-refractivity contribution is 5.48. The summed E-state index contributed by atoms with van der Waals surface area (Å²) in [6, 6.07) is 7.97. The molecule has 0 spiro atoms. The SMILES string of the molecule is C=CCCCCOc1ccc(C=C)cc1. The van der Waals surface area contributed by atoms with Gasteiger partial charge in [-0.1, -0.05) is 30.9 Å². The summed E-state index contributed by atoms with van der Waals surface area (Å²) in [5.41, 5.74) is 1.12. The third-order valence-electron chi connectivity index (χ3n) is 2.19. The molecule has 15 heavy (non-hydrogen) atoms. The van der Waals surface area contributed by atoms with Crippen LogP contribution in [-0.4, -0.2) is 6.61 Å². The summed E-state index contributed by atoms with van der Waals surface area (Å²) in [6.45, 7) is 8.17. The topological polar surface area (TPSA) is 9.23 Å². The highest BCUT2D eigenvalue weighted by Crippen LogP contribution is 2.13. The number of unbranched alkanes of at least 4 members (excludes halogenated alkanes) is 2. The maximum Gasteiger partial charge on any atom is 0.119 e. The van der Waals surface area contributed by atoms with Gasteiger partial charge in [-0.3, -0.25) is 0 Å². The molecule has 0 aliphatic carbocycles. The molecule has 0 N–H and O–H groups in total. The van der Waals surface area contributed by atoms with E-state index in [0.29, 0.717) is 0 Å². The molecular formula is C14H18O. The molecule has 1 aromatic carbocycles. The smallest absolute Gasteiger partial charge is 0.119 e. The second kappa shape index (κ2) is 6.88. The van der Waals surface area contributed by atoms with Gasteiger partial charge in [-0.15, -0.1) is 6.58 Å². The molecule has 0 aliphatic heterocycles. The Labute approximate surface area is 92.1 Å². The van der Waals surface area contributed by atoms with Crippen molar-refractivity contribution in [3.63, 3.8) is 0 Å². The van der Waals surface area contributed by atoms with E-state index in [1.807, 2.05) is 36.4 Å². The van der Waals surface area contributed by atoms with Crippen LogP contribution >= 0.6 is 0 Å². The lowest BCUT2D eigenvalue weighted by molar-refractivity contribution is 0.307. The van der Waals surface area contributed by atoms with Crippen LogP contribution in [0, 0.1) is 0 Å². The van der Waals surface area contributed by atoms with Gasteiger partial charge in [-0.25, -0.2) is 0 Å². The summed E-state index contributed by atoms with van der Waals surface area (Å²) in [7, 11) is 0. The van der Waals surface area contributed by atoms with Crippen molar-refractivity contribution in [2.24, 2.45) is 0 Å². The normalized spacial score (nSPS) is 9.60. The van der Waals surface area contributed by atoms with Gasteiger partial charge in [0.25, 0.3) is 0 Å². The van der Waals surface area contributed by atoms with Crippen molar-refractivity contribution in [2.45, 2.75) is 19.3 Å². The average Bonchev–Trinajstić information content (AvgIpc) is 2.30. The van der Waals surface area contributed by atoms with Crippen molar-refractivity contribution in [1.29, 1.82) is 0 Å². The fourth-order valence-electron chi connectivity index (χ4n) is 1.28.